The van der Waals surface area contributed by atoms with Gasteiger partial charge in [0.2, 0.25) is 10.0 Å². The van der Waals surface area contributed by atoms with Gasteiger partial charge < -0.3 is 4.57 Å². The van der Waals surface area contributed by atoms with E-state index in [-0.39, 0.29) is 11.8 Å². The van der Waals surface area contributed by atoms with Crippen molar-refractivity contribution in [1.82, 2.24) is 9.55 Å². The molecule has 1 aromatic rings. The Balaban J connectivity index is 2.96. The predicted molar refractivity (Wildman–Crippen MR) is 49.4 cm³/mol. The Morgan fingerprint density at radius 3 is 2.69 bits per heavy atom. The van der Waals surface area contributed by atoms with Crippen LogP contribution in [-0.4, -0.2) is 18.0 Å². The number of sulfonamides is 1. The van der Waals surface area contributed by atoms with Crippen molar-refractivity contribution in [2.75, 3.05) is 0 Å². The van der Waals surface area contributed by atoms with Gasteiger partial charge in [-0.05, 0) is 13.8 Å². The molecule has 0 amide bonds. The third-order valence-electron chi connectivity index (χ3n) is 1.64. The van der Waals surface area contributed by atoms with Crippen LogP contribution in [0.3, 0.4) is 0 Å². The zero-order chi connectivity index (χ0) is 10.1. The van der Waals surface area contributed by atoms with Crippen molar-refractivity contribution in [2.24, 2.45) is 5.14 Å². The van der Waals surface area contributed by atoms with Crippen LogP contribution in [0.5, 0.6) is 0 Å². The molecular weight excluding hydrogens is 190 g/mol. The summed E-state index contributed by atoms with van der Waals surface area (Å²) in [6, 6.07) is 0.194. The Morgan fingerprint density at radius 2 is 2.23 bits per heavy atom. The maximum atomic E-state index is 10.8. The number of nitrogens with zero attached hydrogens (tertiary/aromatic N) is 2. The van der Waals surface area contributed by atoms with Crippen LogP contribution in [0.4, 0.5) is 0 Å². The standard InChI is InChI=1S/C7H13N3O2S/c1-6(2)10-4-3-9-7(10)5-13(8,11)12/h3-4,6H,5H2,1-2H3,(H2,8,11,12). The molecule has 5 nitrogen and oxygen atoms in total. The quantitative estimate of drug-likeness (QED) is 0.765. The van der Waals surface area contributed by atoms with Crippen LogP contribution in [0.15, 0.2) is 12.4 Å². The average molecular weight is 203 g/mol. The van der Waals surface area contributed by atoms with Gasteiger partial charge in [-0.3, -0.25) is 0 Å². The molecule has 0 radical (unpaired) electrons. The van der Waals surface area contributed by atoms with Gasteiger partial charge in [-0.15, -0.1) is 0 Å². The summed E-state index contributed by atoms with van der Waals surface area (Å²) in [5.74, 6) is 0.274. The minimum Gasteiger partial charge on any atom is -0.332 e. The zero-order valence-corrected chi connectivity index (χ0v) is 8.45. The monoisotopic (exact) mass is 203 g/mol. The fourth-order valence-electron chi connectivity index (χ4n) is 1.11. The van der Waals surface area contributed by atoms with Gasteiger partial charge in [0.25, 0.3) is 0 Å². The van der Waals surface area contributed by atoms with Gasteiger partial charge in [0.05, 0.1) is 0 Å². The number of rotatable bonds is 3. The van der Waals surface area contributed by atoms with E-state index in [2.05, 4.69) is 4.98 Å². The summed E-state index contributed by atoms with van der Waals surface area (Å²) in [6.07, 6.45) is 3.31. The van der Waals surface area contributed by atoms with Crippen LogP contribution in [0.1, 0.15) is 25.7 Å². The molecule has 0 bridgehead atoms. The second kappa shape index (κ2) is 3.47. The SMILES string of the molecule is CC(C)n1ccnc1CS(N)(=O)=O. The number of aromatic nitrogens is 2. The highest BCUT2D eigenvalue weighted by molar-refractivity contribution is 7.88. The Kier molecular flexibility index (Phi) is 2.72. The number of nitrogens with two attached hydrogens (primary N) is 1. The highest BCUT2D eigenvalue weighted by Gasteiger charge is 2.11. The first-order valence-corrected chi connectivity index (χ1v) is 5.64. The molecule has 2 N–H and O–H groups in total. The highest BCUT2D eigenvalue weighted by Crippen LogP contribution is 2.09. The molecule has 0 spiro atoms. The molecule has 0 aliphatic heterocycles. The first kappa shape index (κ1) is 10.2. The second-order valence-electron chi connectivity index (χ2n) is 3.15. The molecule has 0 aliphatic carbocycles. The van der Waals surface area contributed by atoms with E-state index in [0.29, 0.717) is 5.82 Å². The van der Waals surface area contributed by atoms with E-state index in [9.17, 15) is 8.42 Å². The van der Waals surface area contributed by atoms with E-state index in [0.717, 1.165) is 0 Å². The smallest absolute Gasteiger partial charge is 0.216 e. The Hall–Kier alpha value is -0.880. The molecule has 0 aliphatic rings. The van der Waals surface area contributed by atoms with E-state index in [1.54, 1.807) is 17.0 Å². The number of hydrogen-bond acceptors (Lipinski definition) is 3. The zero-order valence-electron chi connectivity index (χ0n) is 7.64. The molecule has 6 heteroatoms. The van der Waals surface area contributed by atoms with Gasteiger partial charge >= 0.3 is 0 Å². The Morgan fingerprint density at radius 1 is 1.62 bits per heavy atom. The number of primary sulfonamides is 1. The van der Waals surface area contributed by atoms with Crippen LogP contribution in [0, 0.1) is 0 Å². The molecule has 0 saturated heterocycles. The third-order valence-corrected chi connectivity index (χ3v) is 2.30. The maximum absolute atomic E-state index is 10.8. The number of imidazole rings is 1. The van der Waals surface area contributed by atoms with Crippen molar-refractivity contribution < 1.29 is 8.42 Å². The molecule has 74 valence electrons. The van der Waals surface area contributed by atoms with Crippen molar-refractivity contribution in [3.63, 3.8) is 0 Å². The lowest BCUT2D eigenvalue weighted by Gasteiger charge is -2.09. The molecule has 1 aromatic heterocycles. The summed E-state index contributed by atoms with van der Waals surface area (Å²) < 4.78 is 23.4. The van der Waals surface area contributed by atoms with Crippen molar-refractivity contribution in [1.29, 1.82) is 0 Å². The first-order valence-electron chi connectivity index (χ1n) is 3.92. The predicted octanol–water partition coefficient (Wildman–Crippen LogP) is 0.253. The minimum absolute atomic E-state index is 0.194. The van der Waals surface area contributed by atoms with Gasteiger partial charge in [-0.25, -0.2) is 18.5 Å². The Labute approximate surface area is 77.6 Å². The molecule has 0 unspecified atom stereocenters. The van der Waals surface area contributed by atoms with Crippen LogP contribution in [-0.2, 0) is 15.8 Å². The lowest BCUT2D eigenvalue weighted by molar-refractivity contribution is 0.567. The molecule has 0 fully saturated rings. The van der Waals surface area contributed by atoms with Gasteiger partial charge in [0.1, 0.15) is 11.6 Å². The summed E-state index contributed by atoms with van der Waals surface area (Å²) in [7, 11) is -3.49. The first-order chi connectivity index (χ1) is 5.90. The van der Waals surface area contributed by atoms with E-state index in [1.165, 1.54) is 0 Å². The van der Waals surface area contributed by atoms with Gasteiger partial charge in [-0.1, -0.05) is 0 Å². The fourth-order valence-corrected chi connectivity index (χ4v) is 1.69. The van der Waals surface area contributed by atoms with Gasteiger partial charge in [0.15, 0.2) is 0 Å². The summed E-state index contributed by atoms with van der Waals surface area (Å²) in [4.78, 5) is 3.93. The second-order valence-corrected chi connectivity index (χ2v) is 4.77. The van der Waals surface area contributed by atoms with Gasteiger partial charge in [-0.2, -0.15) is 0 Å². The topological polar surface area (TPSA) is 78.0 Å². The van der Waals surface area contributed by atoms with E-state index >= 15 is 0 Å². The molecular formula is C7H13N3O2S. The molecule has 1 heterocycles. The maximum Gasteiger partial charge on any atom is 0.216 e. The van der Waals surface area contributed by atoms with Crippen molar-refractivity contribution in [2.45, 2.75) is 25.6 Å². The van der Waals surface area contributed by atoms with Crippen LogP contribution < -0.4 is 5.14 Å². The normalized spacial score (nSPS) is 12.3. The molecule has 0 aromatic carbocycles. The lowest BCUT2D eigenvalue weighted by atomic mass is 10.4. The fraction of sp³-hybridized carbons (Fsp3) is 0.571. The molecule has 0 saturated carbocycles. The van der Waals surface area contributed by atoms with Crippen LogP contribution >= 0.6 is 0 Å². The highest BCUT2D eigenvalue weighted by atomic mass is 32.2. The van der Waals surface area contributed by atoms with Crippen molar-refractivity contribution >= 4 is 10.0 Å². The van der Waals surface area contributed by atoms with Crippen LogP contribution in [0.2, 0.25) is 0 Å². The minimum atomic E-state index is -3.49. The van der Waals surface area contributed by atoms with E-state index in [4.69, 9.17) is 5.14 Å². The summed E-state index contributed by atoms with van der Waals surface area (Å²) in [5, 5.41) is 4.91. The molecule has 13 heavy (non-hydrogen) atoms. The number of hydrogen-bond donors (Lipinski definition) is 1. The van der Waals surface area contributed by atoms with Crippen molar-refractivity contribution in [3.8, 4) is 0 Å². The largest absolute Gasteiger partial charge is 0.332 e. The lowest BCUT2D eigenvalue weighted by Crippen LogP contribution is -2.18. The van der Waals surface area contributed by atoms with E-state index < -0.39 is 10.0 Å². The average Bonchev–Trinajstić information content (AvgIpc) is 2.31. The van der Waals surface area contributed by atoms with Crippen molar-refractivity contribution in [3.05, 3.63) is 18.2 Å². The molecule has 0 atom stereocenters. The summed E-state index contributed by atoms with van der Waals surface area (Å²) in [5.41, 5.74) is 0. The Bertz CT molecular complexity index is 380. The third kappa shape index (κ3) is 2.82. The van der Waals surface area contributed by atoms with Gasteiger partial charge in [0, 0.05) is 18.4 Å². The summed E-state index contributed by atoms with van der Waals surface area (Å²) in [6.45, 7) is 3.91. The van der Waals surface area contributed by atoms with E-state index in [1.807, 2.05) is 13.8 Å². The van der Waals surface area contributed by atoms with Crippen LogP contribution in [0.25, 0.3) is 0 Å². The molecule has 1 rings (SSSR count). The summed E-state index contributed by atoms with van der Waals surface area (Å²) >= 11 is 0.